The fourth-order valence-electron chi connectivity index (χ4n) is 6.82. The highest BCUT2D eigenvalue weighted by Crippen LogP contribution is 2.65. The van der Waals surface area contributed by atoms with Crippen LogP contribution in [0.2, 0.25) is 0 Å². The van der Waals surface area contributed by atoms with Crippen LogP contribution in [0.15, 0.2) is 42.0 Å². The first kappa shape index (κ1) is 15.9. The van der Waals surface area contributed by atoms with Crippen molar-refractivity contribution in [1.82, 2.24) is 0 Å². The summed E-state index contributed by atoms with van der Waals surface area (Å²) in [6, 6.07) is 8.59. The van der Waals surface area contributed by atoms with E-state index < -0.39 is 23.8 Å². The molecular weight excluding hydrogens is 360 g/mol. The first-order chi connectivity index (χ1) is 15.0. The maximum atomic E-state index is 12.9. The van der Waals surface area contributed by atoms with Crippen molar-refractivity contribution < 1.29 is 18.4 Å². The van der Waals surface area contributed by atoms with E-state index in [1.54, 1.807) is 24.3 Å². The van der Waals surface area contributed by atoms with Gasteiger partial charge in [0.2, 0.25) is 0 Å². The predicted octanol–water partition coefficient (Wildman–Crippen LogP) is 5.74. The number of fused-ring (bicyclic) bond motifs is 5. The molecule has 0 heterocycles. The topological polar surface area (TPSA) is 43.4 Å². The minimum atomic E-state index is -1.93. The highest BCUT2D eigenvalue weighted by Gasteiger charge is 2.59. The number of benzene rings is 1. The number of ether oxygens (including phenoxy) is 1. The molecule has 0 N–H and O–H groups in total. The molecule has 3 heteroatoms. The molecule has 29 heavy (non-hydrogen) atoms. The molecule has 0 bridgehead atoms. The third-order valence-corrected chi connectivity index (χ3v) is 8.56. The number of carbonyl (C=O) groups is 2. The molecule has 0 saturated heterocycles. The van der Waals surface area contributed by atoms with Crippen molar-refractivity contribution in [3.63, 3.8) is 0 Å². The molecule has 0 unspecified atom stereocenters. The van der Waals surface area contributed by atoms with Crippen molar-refractivity contribution in [2.24, 2.45) is 28.6 Å². The number of hydrogen-bond acceptors (Lipinski definition) is 3. The van der Waals surface area contributed by atoms with E-state index >= 15 is 0 Å². The highest BCUT2D eigenvalue weighted by molar-refractivity contribution is 5.91. The summed E-state index contributed by atoms with van der Waals surface area (Å²) in [5.41, 5.74) is 0.859. The second-order valence-corrected chi connectivity index (χ2v) is 9.89. The quantitative estimate of drug-likeness (QED) is 0.599. The average molecular weight is 396 g/mol. The Bertz CT molecular complexity index is 989. The summed E-state index contributed by atoms with van der Waals surface area (Å²) in [5, 5.41) is 0. The minimum Gasteiger partial charge on any atom is -0.458 e. The van der Waals surface area contributed by atoms with Crippen molar-refractivity contribution in [2.75, 3.05) is 0 Å². The van der Waals surface area contributed by atoms with Crippen LogP contribution in [0.25, 0.3) is 0 Å². The summed E-state index contributed by atoms with van der Waals surface area (Å²) in [6.45, 7) is 4.26. The Hall–Kier alpha value is -1.90. The predicted molar refractivity (Wildman–Crippen MR) is 112 cm³/mol. The van der Waals surface area contributed by atoms with Crippen molar-refractivity contribution in [3.05, 3.63) is 47.5 Å². The summed E-state index contributed by atoms with van der Waals surface area (Å²) in [7, 11) is 0. The van der Waals surface area contributed by atoms with E-state index in [-0.39, 0.29) is 29.5 Å². The molecule has 4 aliphatic rings. The summed E-state index contributed by atoms with van der Waals surface area (Å²) in [5.74, 6) is 0.249. The second kappa shape index (κ2) is 6.82. The Labute approximate surface area is 178 Å². The Kier molecular flexibility index (Phi) is 3.73. The summed E-state index contributed by atoms with van der Waals surface area (Å²) < 4.78 is 32.7. The Morgan fingerprint density at radius 3 is 2.69 bits per heavy atom. The standard InChI is InChI=1S/C26H32O3/c1-25-14-12-19(27)16-18(25)8-9-20-21-10-11-23(26(21,2)15-13-22(20)25)29-24(28)17-6-4-3-5-7-17/h3-7,16,20-23H,8-15H2,1-2H3/t20-,21-,22-,23+,25-,26-/m0/s1/i11D2,23D. The van der Waals surface area contributed by atoms with Gasteiger partial charge in [-0.05, 0) is 86.3 Å². The monoisotopic (exact) mass is 395 g/mol. The Morgan fingerprint density at radius 2 is 1.90 bits per heavy atom. The van der Waals surface area contributed by atoms with Gasteiger partial charge < -0.3 is 4.74 Å². The smallest absolute Gasteiger partial charge is 0.338 e. The van der Waals surface area contributed by atoms with E-state index in [1.807, 2.05) is 19.1 Å². The Balaban J connectivity index is 1.48. The van der Waals surface area contributed by atoms with Gasteiger partial charge in [0.15, 0.2) is 5.78 Å². The maximum absolute atomic E-state index is 12.9. The second-order valence-electron chi connectivity index (χ2n) is 9.89. The molecule has 0 amide bonds. The summed E-state index contributed by atoms with van der Waals surface area (Å²) in [6.07, 6.45) is 3.02. The van der Waals surface area contributed by atoms with E-state index in [1.165, 1.54) is 5.57 Å². The molecule has 0 radical (unpaired) electrons. The van der Waals surface area contributed by atoms with Gasteiger partial charge in [0, 0.05) is 14.6 Å². The van der Waals surface area contributed by atoms with Gasteiger partial charge in [0.25, 0.3) is 0 Å². The van der Waals surface area contributed by atoms with E-state index in [0.717, 1.165) is 25.7 Å². The zero-order valence-electron chi connectivity index (χ0n) is 20.4. The fourth-order valence-corrected chi connectivity index (χ4v) is 6.82. The van der Waals surface area contributed by atoms with Crippen LogP contribution in [-0.4, -0.2) is 17.8 Å². The van der Waals surface area contributed by atoms with Crippen LogP contribution in [0.4, 0.5) is 0 Å². The third kappa shape index (κ3) is 2.92. The van der Waals surface area contributed by atoms with Crippen LogP contribution in [0.5, 0.6) is 0 Å². The summed E-state index contributed by atoms with van der Waals surface area (Å²) in [4.78, 5) is 25.0. The molecule has 1 aromatic carbocycles. The van der Waals surface area contributed by atoms with Gasteiger partial charge in [-0.15, -0.1) is 0 Å². The van der Waals surface area contributed by atoms with Crippen LogP contribution in [0, 0.1) is 28.6 Å². The van der Waals surface area contributed by atoms with E-state index in [4.69, 9.17) is 7.48 Å². The molecule has 154 valence electrons. The average Bonchev–Trinajstić information content (AvgIpc) is 2.91. The molecule has 5 rings (SSSR count). The zero-order valence-corrected chi connectivity index (χ0v) is 17.4. The van der Waals surface area contributed by atoms with Crippen molar-refractivity contribution in [3.8, 4) is 0 Å². The number of carbonyl (C=O) groups excluding carboxylic acids is 2. The number of rotatable bonds is 2. The zero-order chi connectivity index (χ0) is 22.9. The number of esters is 1. The van der Waals surface area contributed by atoms with E-state index in [9.17, 15) is 11.0 Å². The van der Waals surface area contributed by atoms with Crippen LogP contribution in [0.1, 0.15) is 79.6 Å². The van der Waals surface area contributed by atoms with Crippen LogP contribution in [0.3, 0.4) is 0 Å². The lowest BCUT2D eigenvalue weighted by molar-refractivity contribution is -0.118. The van der Waals surface area contributed by atoms with Crippen molar-refractivity contribution in [2.45, 2.75) is 71.2 Å². The lowest BCUT2D eigenvalue weighted by atomic mass is 9.47. The Morgan fingerprint density at radius 1 is 1.10 bits per heavy atom. The minimum absolute atomic E-state index is 0.0150. The SMILES string of the molecule is [2H]C1([2H])C[C@H]2[C@@H]3CCC4=CC(=O)CC[C@]4(C)[C@H]3CC[C@]2(C)[C@]1([2H])OC(=O)c1ccccc1. The lowest BCUT2D eigenvalue weighted by Crippen LogP contribution is -2.51. The first-order valence-electron chi connectivity index (χ1n) is 12.5. The van der Waals surface area contributed by atoms with Gasteiger partial charge in [0.1, 0.15) is 6.08 Å². The number of allylic oxidation sites excluding steroid dienone is 1. The fraction of sp³-hybridized carbons (Fsp3) is 0.615. The van der Waals surface area contributed by atoms with Crippen LogP contribution in [-0.2, 0) is 9.53 Å². The molecular formula is C26H32O3. The van der Waals surface area contributed by atoms with Gasteiger partial charge in [-0.2, -0.15) is 0 Å². The molecule has 0 spiro atoms. The molecule has 6 atom stereocenters. The van der Waals surface area contributed by atoms with E-state index in [0.29, 0.717) is 24.3 Å². The molecule has 1 aromatic rings. The third-order valence-electron chi connectivity index (χ3n) is 8.56. The van der Waals surface area contributed by atoms with Gasteiger partial charge in [-0.1, -0.05) is 37.6 Å². The lowest BCUT2D eigenvalue weighted by Gasteiger charge is -2.57. The van der Waals surface area contributed by atoms with Gasteiger partial charge in [-0.25, -0.2) is 4.79 Å². The number of hydrogen-bond donors (Lipinski definition) is 0. The normalized spacial score (nSPS) is 46.8. The van der Waals surface area contributed by atoms with Crippen molar-refractivity contribution >= 4 is 11.8 Å². The van der Waals surface area contributed by atoms with Crippen molar-refractivity contribution in [1.29, 1.82) is 0 Å². The molecule has 4 aliphatic carbocycles. The molecule has 0 aromatic heterocycles. The van der Waals surface area contributed by atoms with Gasteiger partial charge in [0.05, 0.1) is 6.93 Å². The van der Waals surface area contributed by atoms with E-state index in [2.05, 4.69) is 6.92 Å². The highest BCUT2D eigenvalue weighted by atomic mass is 16.5. The van der Waals surface area contributed by atoms with Gasteiger partial charge in [-0.3, -0.25) is 4.79 Å². The summed E-state index contributed by atoms with van der Waals surface area (Å²) >= 11 is 0. The molecule has 3 fully saturated rings. The largest absolute Gasteiger partial charge is 0.458 e. The van der Waals surface area contributed by atoms with Crippen LogP contribution >= 0.6 is 0 Å². The van der Waals surface area contributed by atoms with Crippen LogP contribution < -0.4 is 0 Å². The molecule has 3 nitrogen and oxygen atoms in total. The molecule has 0 aliphatic heterocycles. The van der Waals surface area contributed by atoms with Gasteiger partial charge >= 0.3 is 5.97 Å². The number of ketones is 1. The molecule has 3 saturated carbocycles. The first-order valence-corrected chi connectivity index (χ1v) is 11.0. The maximum Gasteiger partial charge on any atom is 0.338 e.